The van der Waals surface area contributed by atoms with Gasteiger partial charge in [0.25, 0.3) is 0 Å². The minimum absolute atomic E-state index is 0. The summed E-state index contributed by atoms with van der Waals surface area (Å²) in [5.41, 5.74) is 0. The highest BCUT2D eigenvalue weighted by atomic mass is 127. The first-order valence-corrected chi connectivity index (χ1v) is 12.3. The summed E-state index contributed by atoms with van der Waals surface area (Å²) in [6.07, 6.45) is 20.5. The van der Waals surface area contributed by atoms with Gasteiger partial charge in [-0.3, -0.25) is 4.90 Å². The van der Waals surface area contributed by atoms with E-state index < -0.39 is 0 Å². The van der Waals surface area contributed by atoms with Crippen LogP contribution in [0.4, 0.5) is 0 Å². The van der Waals surface area contributed by atoms with Gasteiger partial charge in [-0.2, -0.15) is 0 Å². The maximum absolute atomic E-state index is 2.62. The Hall–Kier alpha value is 1.38. The average molecular weight is 621 g/mol. The van der Waals surface area contributed by atoms with Crippen LogP contribution in [0.2, 0.25) is 0 Å². The number of nitrogens with zero attached hydrogens (tertiary/aromatic N) is 2. The van der Waals surface area contributed by atoms with Crippen LogP contribution in [-0.2, 0) is 0 Å². The molecule has 1 saturated heterocycles. The fourth-order valence-electron chi connectivity index (χ4n) is 4.59. The van der Waals surface area contributed by atoms with E-state index in [0.717, 1.165) is 0 Å². The van der Waals surface area contributed by atoms with Crippen molar-refractivity contribution >= 4 is 0 Å². The summed E-state index contributed by atoms with van der Waals surface area (Å²) in [4.78, 5) is 2.62. The molecule has 0 bridgehead atoms. The zero-order valence-electron chi connectivity index (χ0n) is 19.5. The third kappa shape index (κ3) is 15.2. The normalized spacial score (nSPS) is 16.4. The lowest BCUT2D eigenvalue weighted by Crippen LogP contribution is -3.00. The Bertz CT molecular complexity index is 305. The summed E-state index contributed by atoms with van der Waals surface area (Å²) in [5.74, 6) is 0. The van der Waals surface area contributed by atoms with Crippen molar-refractivity contribution in [2.45, 2.75) is 111 Å². The molecule has 0 amide bonds. The zero-order valence-corrected chi connectivity index (χ0v) is 23.8. The monoisotopic (exact) mass is 621 g/mol. The summed E-state index contributed by atoms with van der Waals surface area (Å²) >= 11 is 0. The predicted octanol–water partition coefficient (Wildman–Crippen LogP) is 0.648. The van der Waals surface area contributed by atoms with E-state index in [2.05, 4.69) is 25.7 Å². The van der Waals surface area contributed by atoms with Crippen LogP contribution in [0.3, 0.4) is 0 Å². The van der Waals surface area contributed by atoms with Crippen LogP contribution in [-0.4, -0.2) is 55.2 Å². The second kappa shape index (κ2) is 21.6. The largest absolute Gasteiger partial charge is 1.00 e. The number of hydrogen-bond acceptors (Lipinski definition) is 1. The van der Waals surface area contributed by atoms with E-state index in [-0.39, 0.29) is 48.0 Å². The first-order valence-electron chi connectivity index (χ1n) is 12.3. The average Bonchev–Trinajstić information content (AvgIpc) is 2.68. The number of unbranched alkanes of at least 4 members (excludes halogenated alkanes) is 13. The molecule has 1 fully saturated rings. The van der Waals surface area contributed by atoms with Crippen molar-refractivity contribution in [1.82, 2.24) is 4.90 Å². The van der Waals surface area contributed by atoms with E-state index in [0.29, 0.717) is 0 Å². The number of piperazine rings is 1. The van der Waals surface area contributed by atoms with Gasteiger partial charge in [0, 0.05) is 13.1 Å². The molecule has 28 heavy (non-hydrogen) atoms. The molecular formula is C24H51I2N2-. The predicted molar refractivity (Wildman–Crippen MR) is 118 cm³/mol. The molecule has 0 radical (unpaired) electrons. The third-order valence-corrected chi connectivity index (χ3v) is 6.89. The van der Waals surface area contributed by atoms with E-state index in [1.54, 1.807) is 0 Å². The number of hydrogen-bond donors (Lipinski definition) is 0. The molecule has 1 aliphatic heterocycles. The minimum atomic E-state index is 0. The SMILES string of the molecule is CCCCCCCCCCCCCCCC[N+]1(CC)CCN(CC)CC1.[I-].[I-]. The van der Waals surface area contributed by atoms with E-state index in [9.17, 15) is 0 Å². The molecule has 0 spiro atoms. The molecule has 1 aliphatic rings. The summed E-state index contributed by atoms with van der Waals surface area (Å²) in [6, 6.07) is 0. The van der Waals surface area contributed by atoms with Crippen molar-refractivity contribution < 1.29 is 52.4 Å². The molecule has 0 saturated carbocycles. The summed E-state index contributed by atoms with van der Waals surface area (Å²) in [7, 11) is 0. The molecule has 1 heterocycles. The van der Waals surface area contributed by atoms with Gasteiger partial charge in [-0.1, -0.05) is 90.9 Å². The molecule has 0 aromatic rings. The van der Waals surface area contributed by atoms with Gasteiger partial charge < -0.3 is 52.4 Å². The molecule has 0 aromatic carbocycles. The van der Waals surface area contributed by atoms with Gasteiger partial charge in [0.15, 0.2) is 0 Å². The second-order valence-corrected chi connectivity index (χ2v) is 8.86. The third-order valence-electron chi connectivity index (χ3n) is 6.89. The lowest BCUT2D eigenvalue weighted by molar-refractivity contribution is -0.930. The maximum Gasteiger partial charge on any atom is 0.0916 e. The van der Waals surface area contributed by atoms with Gasteiger partial charge >= 0.3 is 0 Å². The van der Waals surface area contributed by atoms with Crippen molar-refractivity contribution in [2.24, 2.45) is 0 Å². The fraction of sp³-hybridized carbons (Fsp3) is 1.00. The molecule has 1 rings (SSSR count). The molecule has 2 nitrogen and oxygen atoms in total. The van der Waals surface area contributed by atoms with E-state index in [4.69, 9.17) is 0 Å². The number of likely N-dealkylation sites (N-methyl/N-ethyl adjacent to an activating group) is 2. The Kier molecular flexibility index (Phi) is 24.4. The molecule has 0 aromatic heterocycles. The Morgan fingerprint density at radius 2 is 0.964 bits per heavy atom. The number of rotatable bonds is 17. The van der Waals surface area contributed by atoms with E-state index in [1.807, 2.05) is 0 Å². The van der Waals surface area contributed by atoms with E-state index in [1.165, 1.54) is 140 Å². The van der Waals surface area contributed by atoms with Crippen molar-refractivity contribution in [3.8, 4) is 0 Å². The topological polar surface area (TPSA) is 3.24 Å². The molecule has 0 unspecified atom stereocenters. The van der Waals surface area contributed by atoms with Gasteiger partial charge in [0.05, 0.1) is 26.2 Å². The van der Waals surface area contributed by atoms with Gasteiger partial charge in [-0.05, 0) is 26.3 Å². The highest BCUT2D eigenvalue weighted by molar-refractivity contribution is 4.62. The van der Waals surface area contributed by atoms with Crippen LogP contribution in [0.15, 0.2) is 0 Å². The van der Waals surface area contributed by atoms with Crippen LogP contribution < -0.4 is 48.0 Å². The summed E-state index contributed by atoms with van der Waals surface area (Å²) in [5, 5.41) is 0. The van der Waals surface area contributed by atoms with Crippen LogP contribution in [0, 0.1) is 0 Å². The second-order valence-electron chi connectivity index (χ2n) is 8.86. The number of halogens is 2. The molecule has 0 atom stereocenters. The van der Waals surface area contributed by atoms with Crippen molar-refractivity contribution in [2.75, 3.05) is 45.8 Å². The number of quaternary nitrogens is 1. The van der Waals surface area contributed by atoms with Crippen LogP contribution >= 0.6 is 0 Å². The van der Waals surface area contributed by atoms with Crippen LogP contribution in [0.1, 0.15) is 111 Å². The first-order chi connectivity index (χ1) is 12.8. The molecule has 172 valence electrons. The minimum Gasteiger partial charge on any atom is -1.00 e. The lowest BCUT2D eigenvalue weighted by atomic mass is 10.0. The Balaban J connectivity index is 0. The fourth-order valence-corrected chi connectivity index (χ4v) is 4.59. The molecule has 4 heteroatoms. The first kappa shape index (κ1) is 31.6. The lowest BCUT2D eigenvalue weighted by Gasteiger charge is -2.44. The zero-order chi connectivity index (χ0) is 18.9. The molecule has 0 aliphatic carbocycles. The van der Waals surface area contributed by atoms with Gasteiger partial charge in [-0.25, -0.2) is 0 Å². The maximum atomic E-state index is 2.62. The standard InChI is InChI=1S/C24H51N2.2HI/c1-4-7-8-9-10-11-12-13-14-15-16-17-18-19-22-26(6-3)23-20-25(5-2)21-24-26;;/h4-24H2,1-3H3;2*1H/q+1;;/p-2. The van der Waals surface area contributed by atoms with Crippen LogP contribution in [0.5, 0.6) is 0 Å². The molecular weight excluding hydrogens is 570 g/mol. The van der Waals surface area contributed by atoms with E-state index >= 15 is 0 Å². The Morgan fingerprint density at radius 3 is 1.32 bits per heavy atom. The Morgan fingerprint density at radius 1 is 0.571 bits per heavy atom. The van der Waals surface area contributed by atoms with Crippen LogP contribution in [0.25, 0.3) is 0 Å². The highest BCUT2D eigenvalue weighted by Crippen LogP contribution is 2.17. The highest BCUT2D eigenvalue weighted by Gasteiger charge is 2.29. The quantitative estimate of drug-likeness (QED) is 0.131. The molecule has 0 N–H and O–H groups in total. The van der Waals surface area contributed by atoms with Crippen molar-refractivity contribution in [1.29, 1.82) is 0 Å². The summed E-state index contributed by atoms with van der Waals surface area (Å²) in [6.45, 7) is 16.5. The van der Waals surface area contributed by atoms with Crippen molar-refractivity contribution in [3.05, 3.63) is 0 Å². The van der Waals surface area contributed by atoms with Gasteiger partial charge in [0.2, 0.25) is 0 Å². The summed E-state index contributed by atoms with van der Waals surface area (Å²) < 4.78 is 1.40. The smallest absolute Gasteiger partial charge is 0.0916 e. The van der Waals surface area contributed by atoms with Gasteiger partial charge in [0.1, 0.15) is 0 Å². The Labute approximate surface area is 212 Å². The van der Waals surface area contributed by atoms with Gasteiger partial charge in [-0.15, -0.1) is 0 Å². The van der Waals surface area contributed by atoms with Crippen molar-refractivity contribution in [3.63, 3.8) is 0 Å².